The van der Waals surface area contributed by atoms with Gasteiger partial charge in [-0.15, -0.1) is 0 Å². The summed E-state index contributed by atoms with van der Waals surface area (Å²) in [6.07, 6.45) is 1.79. The van der Waals surface area contributed by atoms with Crippen LogP contribution in [0.15, 0.2) is 48.5 Å². The van der Waals surface area contributed by atoms with Gasteiger partial charge in [-0.1, -0.05) is 35.1 Å². The van der Waals surface area contributed by atoms with E-state index in [0.29, 0.717) is 18.1 Å². The largest absolute Gasteiger partial charge is 0.352 e. The summed E-state index contributed by atoms with van der Waals surface area (Å²) in [5.41, 5.74) is 3.43. The van der Waals surface area contributed by atoms with Gasteiger partial charge in [0.05, 0.1) is 22.0 Å². The highest BCUT2D eigenvalue weighted by atomic mass is 35.5. The predicted molar refractivity (Wildman–Crippen MR) is 130 cm³/mol. The molecule has 1 amide bonds. The van der Waals surface area contributed by atoms with E-state index < -0.39 is 0 Å². The minimum absolute atomic E-state index is 0.0597. The fourth-order valence-electron chi connectivity index (χ4n) is 4.12. The second-order valence-corrected chi connectivity index (χ2v) is 9.67. The number of thiazole rings is 1. The SMILES string of the molecule is Cc1nn(-c2ccc(F)cc2)c2nc(N3CCCC(C(=O)NCc4ccc(Cl)cc4)C3)sc12. The molecule has 1 N–H and O–H groups in total. The molecule has 5 rings (SSSR count). The molecule has 6 nitrogen and oxygen atoms in total. The molecule has 2 aromatic carbocycles. The van der Waals surface area contributed by atoms with Gasteiger partial charge < -0.3 is 10.2 Å². The smallest absolute Gasteiger partial charge is 0.225 e. The van der Waals surface area contributed by atoms with Crippen molar-refractivity contribution in [3.63, 3.8) is 0 Å². The molecule has 1 saturated heterocycles. The predicted octanol–water partition coefficient (Wildman–Crippen LogP) is 5.12. The summed E-state index contributed by atoms with van der Waals surface area (Å²) in [6, 6.07) is 13.7. The Kier molecular flexibility index (Phi) is 6.03. The Morgan fingerprint density at radius 1 is 1.21 bits per heavy atom. The summed E-state index contributed by atoms with van der Waals surface area (Å²) < 4.78 is 16.1. The lowest BCUT2D eigenvalue weighted by Crippen LogP contribution is -2.43. The number of piperidine rings is 1. The molecule has 2 aromatic heterocycles. The van der Waals surface area contributed by atoms with Crippen LogP contribution in [-0.2, 0) is 11.3 Å². The van der Waals surface area contributed by atoms with E-state index in [9.17, 15) is 9.18 Å². The van der Waals surface area contributed by atoms with E-state index in [1.54, 1.807) is 28.2 Å². The van der Waals surface area contributed by atoms with Gasteiger partial charge in [-0.3, -0.25) is 4.79 Å². The minimum atomic E-state index is -0.286. The monoisotopic (exact) mass is 483 g/mol. The molecule has 0 aliphatic carbocycles. The summed E-state index contributed by atoms with van der Waals surface area (Å²) in [6.45, 7) is 3.93. The zero-order valence-electron chi connectivity index (χ0n) is 18.1. The van der Waals surface area contributed by atoms with Crippen LogP contribution in [-0.4, -0.2) is 33.8 Å². The molecule has 1 atom stereocenters. The standard InChI is InChI=1S/C24H23ClFN5OS/c1-15-21-22(31(29-15)20-10-8-19(26)9-11-20)28-24(33-21)30-12-2-3-17(14-30)23(32)27-13-16-4-6-18(25)7-5-16/h4-11,17H,2-3,12-14H2,1H3,(H,27,32). The third-order valence-corrected chi connectivity index (χ3v) is 7.36. The molecule has 0 radical (unpaired) electrons. The molecular weight excluding hydrogens is 461 g/mol. The third kappa shape index (κ3) is 4.58. The maximum absolute atomic E-state index is 13.3. The molecule has 4 aromatic rings. The van der Waals surface area contributed by atoms with Gasteiger partial charge in [-0.05, 0) is 61.7 Å². The number of benzene rings is 2. The highest BCUT2D eigenvalue weighted by Gasteiger charge is 2.28. The van der Waals surface area contributed by atoms with E-state index in [4.69, 9.17) is 16.6 Å². The number of hydrogen-bond acceptors (Lipinski definition) is 5. The van der Waals surface area contributed by atoms with Crippen LogP contribution in [0.25, 0.3) is 16.0 Å². The van der Waals surface area contributed by atoms with Gasteiger partial charge in [0.2, 0.25) is 5.91 Å². The van der Waals surface area contributed by atoms with Crippen molar-refractivity contribution in [3.05, 3.63) is 70.6 Å². The van der Waals surface area contributed by atoms with Gasteiger partial charge in [0.1, 0.15) is 5.82 Å². The van der Waals surface area contributed by atoms with E-state index in [1.807, 2.05) is 31.2 Å². The second kappa shape index (κ2) is 9.11. The first-order valence-electron chi connectivity index (χ1n) is 10.9. The second-order valence-electron chi connectivity index (χ2n) is 8.25. The summed E-state index contributed by atoms with van der Waals surface area (Å²) >= 11 is 7.52. The Morgan fingerprint density at radius 2 is 1.97 bits per heavy atom. The van der Waals surface area contributed by atoms with Crippen LogP contribution in [0.1, 0.15) is 24.1 Å². The maximum atomic E-state index is 13.3. The first-order chi connectivity index (χ1) is 16.0. The first kappa shape index (κ1) is 21.9. The minimum Gasteiger partial charge on any atom is -0.352 e. The average Bonchev–Trinajstić information content (AvgIpc) is 3.40. The number of carbonyl (C=O) groups is 1. The Hall–Kier alpha value is -2.97. The fraction of sp³-hybridized carbons (Fsp3) is 0.292. The number of amides is 1. The van der Waals surface area contributed by atoms with Crippen LogP contribution < -0.4 is 10.2 Å². The lowest BCUT2D eigenvalue weighted by Gasteiger charge is -2.31. The van der Waals surface area contributed by atoms with Crippen LogP contribution in [0, 0.1) is 18.7 Å². The third-order valence-electron chi connectivity index (χ3n) is 5.89. The number of nitrogens with zero attached hydrogens (tertiary/aromatic N) is 4. The quantitative estimate of drug-likeness (QED) is 0.428. The van der Waals surface area contributed by atoms with Crippen molar-refractivity contribution in [1.82, 2.24) is 20.1 Å². The molecule has 1 aliphatic rings. The topological polar surface area (TPSA) is 63.1 Å². The maximum Gasteiger partial charge on any atom is 0.225 e. The van der Waals surface area contributed by atoms with Crippen LogP contribution in [0.2, 0.25) is 5.02 Å². The van der Waals surface area contributed by atoms with Gasteiger partial charge in [0, 0.05) is 24.7 Å². The number of fused-ring (bicyclic) bond motifs is 1. The Bertz CT molecular complexity index is 1280. The lowest BCUT2D eigenvalue weighted by atomic mass is 9.97. The van der Waals surface area contributed by atoms with Crippen molar-refractivity contribution in [2.75, 3.05) is 18.0 Å². The number of aryl methyl sites for hydroxylation is 1. The molecule has 9 heteroatoms. The number of rotatable bonds is 5. The summed E-state index contributed by atoms with van der Waals surface area (Å²) in [5.74, 6) is -0.316. The fourth-order valence-corrected chi connectivity index (χ4v) is 5.27. The summed E-state index contributed by atoms with van der Waals surface area (Å²) in [7, 11) is 0. The average molecular weight is 484 g/mol. The van der Waals surface area contributed by atoms with E-state index in [-0.39, 0.29) is 17.6 Å². The molecule has 33 heavy (non-hydrogen) atoms. The molecule has 1 aliphatic heterocycles. The van der Waals surface area contributed by atoms with Crippen molar-refractivity contribution >= 4 is 44.3 Å². The Morgan fingerprint density at radius 3 is 2.73 bits per heavy atom. The summed E-state index contributed by atoms with van der Waals surface area (Å²) in [4.78, 5) is 19.9. The van der Waals surface area contributed by atoms with Gasteiger partial charge in [0.25, 0.3) is 0 Å². The van der Waals surface area contributed by atoms with Gasteiger partial charge in [-0.2, -0.15) is 10.1 Å². The molecule has 1 fully saturated rings. The van der Waals surface area contributed by atoms with Crippen molar-refractivity contribution in [2.24, 2.45) is 5.92 Å². The highest BCUT2D eigenvalue weighted by molar-refractivity contribution is 7.22. The van der Waals surface area contributed by atoms with Gasteiger partial charge in [-0.25, -0.2) is 9.07 Å². The molecule has 1 unspecified atom stereocenters. The van der Waals surface area contributed by atoms with Gasteiger partial charge in [0.15, 0.2) is 10.8 Å². The van der Waals surface area contributed by atoms with Crippen LogP contribution in [0.3, 0.4) is 0 Å². The molecule has 0 spiro atoms. The van der Waals surface area contributed by atoms with Crippen molar-refractivity contribution < 1.29 is 9.18 Å². The number of halogens is 2. The number of carbonyl (C=O) groups excluding carboxylic acids is 1. The van der Waals surface area contributed by atoms with E-state index in [0.717, 1.165) is 51.8 Å². The zero-order chi connectivity index (χ0) is 22.9. The van der Waals surface area contributed by atoms with Crippen molar-refractivity contribution in [2.45, 2.75) is 26.3 Å². The van der Waals surface area contributed by atoms with E-state index in [1.165, 1.54) is 12.1 Å². The molecular formula is C24H23ClFN5OS. The summed E-state index contributed by atoms with van der Waals surface area (Å²) in [5, 5.41) is 9.21. The molecule has 0 bridgehead atoms. The normalized spacial score (nSPS) is 16.3. The Balaban J connectivity index is 1.31. The van der Waals surface area contributed by atoms with E-state index in [2.05, 4.69) is 15.3 Å². The number of nitrogens with one attached hydrogen (secondary N) is 1. The van der Waals surface area contributed by atoms with Gasteiger partial charge >= 0.3 is 0 Å². The Labute approximate surface area is 200 Å². The van der Waals surface area contributed by atoms with Crippen LogP contribution in [0.5, 0.6) is 0 Å². The van der Waals surface area contributed by atoms with Crippen LogP contribution in [0.4, 0.5) is 9.52 Å². The van der Waals surface area contributed by atoms with Crippen molar-refractivity contribution in [3.8, 4) is 5.69 Å². The first-order valence-corrected chi connectivity index (χ1v) is 12.1. The number of hydrogen-bond donors (Lipinski definition) is 1. The van der Waals surface area contributed by atoms with Crippen LogP contribution >= 0.6 is 22.9 Å². The zero-order valence-corrected chi connectivity index (χ0v) is 19.7. The van der Waals surface area contributed by atoms with Crippen molar-refractivity contribution in [1.29, 1.82) is 0 Å². The van der Waals surface area contributed by atoms with E-state index >= 15 is 0 Å². The number of anilines is 1. The number of aromatic nitrogens is 3. The molecule has 3 heterocycles. The molecule has 170 valence electrons. The lowest BCUT2D eigenvalue weighted by molar-refractivity contribution is -0.125. The molecule has 0 saturated carbocycles. The highest BCUT2D eigenvalue weighted by Crippen LogP contribution is 2.34.